The first kappa shape index (κ1) is 18.5. The van der Waals surface area contributed by atoms with Crippen LogP contribution < -0.4 is 5.32 Å². The molecular formula is C18H16ClN5O3. The SMILES string of the molecule is O=C(COC(=O)Cn1nnc(-c2ccc(Cl)cc2)n1)NCc1ccccc1. The van der Waals surface area contributed by atoms with E-state index >= 15 is 0 Å². The Labute approximate surface area is 160 Å². The number of tetrazole rings is 1. The number of benzene rings is 2. The average Bonchev–Trinajstić information content (AvgIpc) is 3.14. The van der Waals surface area contributed by atoms with Gasteiger partial charge in [0.25, 0.3) is 5.91 Å². The Bertz CT molecular complexity index is 912. The number of amides is 1. The zero-order chi connectivity index (χ0) is 19.1. The molecule has 27 heavy (non-hydrogen) atoms. The van der Waals surface area contributed by atoms with E-state index in [1.54, 1.807) is 24.3 Å². The third kappa shape index (κ3) is 5.61. The van der Waals surface area contributed by atoms with Crippen LogP contribution in [0.4, 0.5) is 0 Å². The highest BCUT2D eigenvalue weighted by molar-refractivity contribution is 6.30. The number of hydrogen-bond donors (Lipinski definition) is 1. The number of ether oxygens (including phenoxy) is 1. The van der Waals surface area contributed by atoms with Gasteiger partial charge in [-0.2, -0.15) is 4.80 Å². The predicted octanol–water partition coefficient (Wildman–Crippen LogP) is 1.85. The minimum Gasteiger partial charge on any atom is -0.454 e. The van der Waals surface area contributed by atoms with Gasteiger partial charge in [0.2, 0.25) is 5.82 Å². The molecule has 0 bridgehead atoms. The van der Waals surface area contributed by atoms with Gasteiger partial charge in [-0.3, -0.25) is 4.79 Å². The number of aromatic nitrogens is 4. The van der Waals surface area contributed by atoms with Gasteiger partial charge in [0.15, 0.2) is 13.2 Å². The molecular weight excluding hydrogens is 370 g/mol. The predicted molar refractivity (Wildman–Crippen MR) is 97.5 cm³/mol. The molecule has 8 nitrogen and oxygen atoms in total. The van der Waals surface area contributed by atoms with Gasteiger partial charge >= 0.3 is 5.97 Å². The molecule has 3 aromatic rings. The Morgan fingerprint density at radius 1 is 1.07 bits per heavy atom. The summed E-state index contributed by atoms with van der Waals surface area (Å²) in [6.45, 7) is -0.247. The maximum absolute atomic E-state index is 11.8. The van der Waals surface area contributed by atoms with Crippen molar-refractivity contribution in [3.63, 3.8) is 0 Å². The molecule has 0 aliphatic rings. The van der Waals surface area contributed by atoms with Crippen molar-refractivity contribution < 1.29 is 14.3 Å². The van der Waals surface area contributed by atoms with Crippen molar-refractivity contribution in [3.8, 4) is 11.4 Å². The first-order chi connectivity index (χ1) is 13.1. The molecule has 0 radical (unpaired) electrons. The molecule has 1 heterocycles. The molecule has 138 valence electrons. The molecule has 1 aromatic heterocycles. The van der Waals surface area contributed by atoms with Crippen molar-refractivity contribution in [2.45, 2.75) is 13.1 Å². The summed E-state index contributed by atoms with van der Waals surface area (Å²) in [5.74, 6) is -0.661. The fourth-order valence-electron chi connectivity index (χ4n) is 2.18. The van der Waals surface area contributed by atoms with Crippen LogP contribution in [0.2, 0.25) is 5.02 Å². The van der Waals surface area contributed by atoms with Crippen LogP contribution in [0.15, 0.2) is 54.6 Å². The van der Waals surface area contributed by atoms with E-state index in [0.29, 0.717) is 17.4 Å². The number of carbonyl (C=O) groups is 2. The number of esters is 1. The molecule has 0 saturated heterocycles. The lowest BCUT2D eigenvalue weighted by Crippen LogP contribution is -2.29. The lowest BCUT2D eigenvalue weighted by molar-refractivity contribution is -0.149. The van der Waals surface area contributed by atoms with Gasteiger partial charge in [-0.15, -0.1) is 10.2 Å². The first-order valence-electron chi connectivity index (χ1n) is 8.10. The molecule has 0 atom stereocenters. The quantitative estimate of drug-likeness (QED) is 0.623. The van der Waals surface area contributed by atoms with Crippen LogP contribution in [0, 0.1) is 0 Å². The molecule has 0 aliphatic heterocycles. The zero-order valence-electron chi connectivity index (χ0n) is 14.2. The molecule has 9 heteroatoms. The van der Waals surface area contributed by atoms with Crippen LogP contribution in [-0.2, 0) is 27.4 Å². The standard InChI is InChI=1S/C18H16ClN5O3/c19-15-8-6-14(7-9-15)18-21-23-24(22-18)11-17(26)27-12-16(25)20-10-13-4-2-1-3-5-13/h1-9H,10-12H2,(H,20,25). The zero-order valence-corrected chi connectivity index (χ0v) is 15.0. The molecule has 0 spiro atoms. The second-order valence-electron chi connectivity index (χ2n) is 5.57. The maximum atomic E-state index is 11.8. The molecule has 0 unspecified atom stereocenters. The number of carbonyl (C=O) groups excluding carboxylic acids is 2. The minimum absolute atomic E-state index is 0.243. The van der Waals surface area contributed by atoms with E-state index in [-0.39, 0.29) is 19.1 Å². The third-order valence-electron chi connectivity index (χ3n) is 3.52. The Kier molecular flexibility index (Phi) is 6.11. The van der Waals surface area contributed by atoms with Gasteiger partial charge in [-0.1, -0.05) is 41.9 Å². The number of rotatable bonds is 7. The highest BCUT2D eigenvalue weighted by atomic mass is 35.5. The van der Waals surface area contributed by atoms with E-state index < -0.39 is 5.97 Å². The monoisotopic (exact) mass is 385 g/mol. The van der Waals surface area contributed by atoms with Crippen molar-refractivity contribution in [2.75, 3.05) is 6.61 Å². The fraction of sp³-hybridized carbons (Fsp3) is 0.167. The smallest absolute Gasteiger partial charge is 0.330 e. The Morgan fingerprint density at radius 3 is 2.56 bits per heavy atom. The largest absolute Gasteiger partial charge is 0.454 e. The summed E-state index contributed by atoms with van der Waals surface area (Å²) in [6, 6.07) is 16.3. The second kappa shape index (κ2) is 8.91. The molecule has 0 aliphatic carbocycles. The van der Waals surface area contributed by atoms with Crippen LogP contribution in [0.5, 0.6) is 0 Å². The van der Waals surface area contributed by atoms with Gasteiger partial charge in [0.05, 0.1) is 0 Å². The molecule has 0 saturated carbocycles. The van der Waals surface area contributed by atoms with E-state index in [0.717, 1.165) is 15.9 Å². The van der Waals surface area contributed by atoms with Gasteiger partial charge in [0, 0.05) is 17.1 Å². The Hall–Kier alpha value is -3.26. The van der Waals surface area contributed by atoms with E-state index in [4.69, 9.17) is 16.3 Å². The van der Waals surface area contributed by atoms with E-state index in [9.17, 15) is 9.59 Å². The normalized spacial score (nSPS) is 10.4. The summed E-state index contributed by atoms with van der Waals surface area (Å²) in [4.78, 5) is 24.7. The Balaban J connectivity index is 1.44. The van der Waals surface area contributed by atoms with Crippen molar-refractivity contribution in [1.29, 1.82) is 0 Å². The minimum atomic E-state index is -0.634. The summed E-state index contributed by atoms with van der Waals surface area (Å²) in [5, 5.41) is 15.1. The van der Waals surface area contributed by atoms with Crippen LogP contribution >= 0.6 is 11.6 Å². The van der Waals surface area contributed by atoms with Crippen molar-refractivity contribution in [2.24, 2.45) is 0 Å². The third-order valence-corrected chi connectivity index (χ3v) is 3.77. The maximum Gasteiger partial charge on any atom is 0.330 e. The molecule has 0 fully saturated rings. The second-order valence-corrected chi connectivity index (χ2v) is 6.01. The number of nitrogens with one attached hydrogen (secondary N) is 1. The van der Waals surface area contributed by atoms with Crippen LogP contribution in [0.3, 0.4) is 0 Å². The van der Waals surface area contributed by atoms with Crippen molar-refractivity contribution in [1.82, 2.24) is 25.5 Å². The summed E-state index contributed by atoms with van der Waals surface area (Å²) < 4.78 is 4.93. The van der Waals surface area contributed by atoms with Crippen molar-refractivity contribution in [3.05, 3.63) is 65.2 Å². The lowest BCUT2D eigenvalue weighted by atomic mass is 10.2. The van der Waals surface area contributed by atoms with Gasteiger partial charge in [-0.25, -0.2) is 4.79 Å². The van der Waals surface area contributed by atoms with Gasteiger partial charge in [-0.05, 0) is 35.0 Å². The van der Waals surface area contributed by atoms with E-state index in [1.807, 2.05) is 30.3 Å². The highest BCUT2D eigenvalue weighted by Gasteiger charge is 2.12. The first-order valence-corrected chi connectivity index (χ1v) is 8.48. The molecule has 1 N–H and O–H groups in total. The lowest BCUT2D eigenvalue weighted by Gasteiger charge is -2.06. The summed E-state index contributed by atoms with van der Waals surface area (Å²) in [6.07, 6.45) is 0. The number of halogens is 1. The molecule has 2 aromatic carbocycles. The number of nitrogens with zero attached hydrogens (tertiary/aromatic N) is 4. The summed E-state index contributed by atoms with van der Waals surface area (Å²) >= 11 is 5.84. The fourth-order valence-corrected chi connectivity index (χ4v) is 2.31. The Morgan fingerprint density at radius 2 is 1.81 bits per heavy atom. The summed E-state index contributed by atoms with van der Waals surface area (Å²) in [7, 11) is 0. The molecule has 1 amide bonds. The van der Waals surface area contributed by atoms with E-state index in [2.05, 4.69) is 20.7 Å². The highest BCUT2D eigenvalue weighted by Crippen LogP contribution is 2.16. The summed E-state index contributed by atoms with van der Waals surface area (Å²) in [5.41, 5.74) is 1.68. The van der Waals surface area contributed by atoms with Gasteiger partial charge in [0.1, 0.15) is 0 Å². The number of hydrogen-bond acceptors (Lipinski definition) is 6. The molecule has 3 rings (SSSR count). The van der Waals surface area contributed by atoms with E-state index in [1.165, 1.54) is 0 Å². The topological polar surface area (TPSA) is 99.0 Å². The van der Waals surface area contributed by atoms with Crippen LogP contribution in [0.25, 0.3) is 11.4 Å². The van der Waals surface area contributed by atoms with Crippen molar-refractivity contribution >= 4 is 23.5 Å². The van der Waals surface area contributed by atoms with Crippen LogP contribution in [-0.4, -0.2) is 38.7 Å². The van der Waals surface area contributed by atoms with Gasteiger partial charge < -0.3 is 10.1 Å². The average molecular weight is 386 g/mol. The van der Waals surface area contributed by atoms with Crippen LogP contribution in [0.1, 0.15) is 5.56 Å².